The molecule has 1 aromatic heterocycles. The van der Waals surface area contributed by atoms with Crippen molar-refractivity contribution in [2.45, 2.75) is 17.7 Å². The number of nitrogens with zero attached hydrogens (tertiary/aromatic N) is 1. The molecule has 0 atom stereocenters. The molecular formula is C22H21ClN4O4S2. The molecule has 2 aromatic carbocycles. The topological polar surface area (TPSA) is 109 Å². The van der Waals surface area contributed by atoms with Crippen LogP contribution in [-0.2, 0) is 20.8 Å². The van der Waals surface area contributed by atoms with Gasteiger partial charge in [0.25, 0.3) is 0 Å². The molecule has 3 rings (SSSR count). The van der Waals surface area contributed by atoms with Crippen LogP contribution in [0.1, 0.15) is 12.6 Å². The molecule has 1 heterocycles. The van der Waals surface area contributed by atoms with Crippen molar-refractivity contribution in [3.63, 3.8) is 0 Å². The summed E-state index contributed by atoms with van der Waals surface area (Å²) < 4.78 is 5.92. The van der Waals surface area contributed by atoms with Crippen LogP contribution in [-0.4, -0.2) is 35.6 Å². The summed E-state index contributed by atoms with van der Waals surface area (Å²) in [6.07, 6.45) is 0.0829. The molecule has 172 valence electrons. The molecule has 0 aliphatic rings. The molecule has 0 radical (unpaired) electrons. The number of methoxy groups -OCH3 is 1. The number of halogens is 1. The molecule has 33 heavy (non-hydrogen) atoms. The van der Waals surface area contributed by atoms with Crippen LogP contribution in [0, 0.1) is 0 Å². The molecule has 0 unspecified atom stereocenters. The first-order valence-electron chi connectivity index (χ1n) is 9.70. The number of carbonyl (C=O) groups is 3. The average Bonchev–Trinajstić information content (AvgIpc) is 3.20. The van der Waals surface area contributed by atoms with Gasteiger partial charge in [-0.05, 0) is 42.5 Å². The van der Waals surface area contributed by atoms with Gasteiger partial charge in [0.15, 0.2) is 4.34 Å². The van der Waals surface area contributed by atoms with Crippen LogP contribution in [0.25, 0.3) is 0 Å². The zero-order chi connectivity index (χ0) is 23.8. The number of rotatable bonds is 9. The Morgan fingerprint density at radius 1 is 1.03 bits per heavy atom. The van der Waals surface area contributed by atoms with Gasteiger partial charge in [0.1, 0.15) is 5.75 Å². The molecule has 0 aliphatic carbocycles. The third kappa shape index (κ3) is 7.77. The second-order valence-corrected chi connectivity index (χ2v) is 9.29. The summed E-state index contributed by atoms with van der Waals surface area (Å²) in [6, 6.07) is 11.8. The van der Waals surface area contributed by atoms with Gasteiger partial charge in [-0.25, -0.2) is 4.98 Å². The van der Waals surface area contributed by atoms with E-state index in [0.717, 1.165) is 0 Å². The quantitative estimate of drug-likeness (QED) is 0.365. The van der Waals surface area contributed by atoms with Gasteiger partial charge in [-0.1, -0.05) is 23.4 Å². The third-order valence-corrected chi connectivity index (χ3v) is 6.43. The van der Waals surface area contributed by atoms with Crippen LogP contribution < -0.4 is 20.7 Å². The Balaban J connectivity index is 1.47. The molecule has 0 spiro atoms. The highest BCUT2D eigenvalue weighted by atomic mass is 35.5. The fourth-order valence-electron chi connectivity index (χ4n) is 2.74. The van der Waals surface area contributed by atoms with E-state index in [1.807, 2.05) is 0 Å². The van der Waals surface area contributed by atoms with Gasteiger partial charge in [0.05, 0.1) is 30.7 Å². The lowest BCUT2D eigenvalue weighted by atomic mass is 10.2. The lowest BCUT2D eigenvalue weighted by molar-refractivity contribution is -0.116. The van der Waals surface area contributed by atoms with Crippen molar-refractivity contribution in [3.8, 4) is 5.75 Å². The second kappa shape index (κ2) is 11.7. The average molecular weight is 505 g/mol. The predicted molar refractivity (Wildman–Crippen MR) is 133 cm³/mol. The Morgan fingerprint density at radius 2 is 1.73 bits per heavy atom. The first-order valence-corrected chi connectivity index (χ1v) is 11.9. The predicted octanol–water partition coefficient (Wildman–Crippen LogP) is 4.68. The normalized spacial score (nSPS) is 10.4. The van der Waals surface area contributed by atoms with E-state index in [1.54, 1.807) is 47.8 Å². The molecule has 0 aliphatic heterocycles. The minimum Gasteiger partial charge on any atom is -0.495 e. The number of hydrogen-bond acceptors (Lipinski definition) is 7. The monoisotopic (exact) mass is 504 g/mol. The molecule has 0 fully saturated rings. The zero-order valence-electron chi connectivity index (χ0n) is 17.8. The van der Waals surface area contributed by atoms with Gasteiger partial charge in [0.2, 0.25) is 17.7 Å². The van der Waals surface area contributed by atoms with Crippen molar-refractivity contribution >= 4 is 69.5 Å². The van der Waals surface area contributed by atoms with Gasteiger partial charge in [0, 0.05) is 28.7 Å². The maximum atomic E-state index is 12.4. The minimum atomic E-state index is -0.252. The van der Waals surface area contributed by atoms with Gasteiger partial charge in [-0.2, -0.15) is 0 Å². The Bertz CT molecular complexity index is 1150. The maximum absolute atomic E-state index is 12.4. The number of anilines is 3. The Kier molecular flexibility index (Phi) is 8.70. The number of hydrogen-bond donors (Lipinski definition) is 3. The fourth-order valence-corrected chi connectivity index (χ4v) is 4.55. The molecule has 0 saturated carbocycles. The van der Waals surface area contributed by atoms with E-state index in [0.29, 0.717) is 37.9 Å². The lowest BCUT2D eigenvalue weighted by Crippen LogP contribution is -2.15. The molecule has 0 saturated heterocycles. The summed E-state index contributed by atoms with van der Waals surface area (Å²) in [4.78, 5) is 40.1. The van der Waals surface area contributed by atoms with Gasteiger partial charge < -0.3 is 20.7 Å². The first-order chi connectivity index (χ1) is 15.8. The summed E-state index contributed by atoms with van der Waals surface area (Å²) in [7, 11) is 1.51. The number of thiazole rings is 1. The van der Waals surface area contributed by atoms with Crippen LogP contribution >= 0.6 is 34.7 Å². The van der Waals surface area contributed by atoms with E-state index >= 15 is 0 Å². The Labute approximate surface area is 204 Å². The number of nitrogens with one attached hydrogen (secondary N) is 3. The lowest BCUT2D eigenvalue weighted by Gasteiger charge is -2.10. The van der Waals surface area contributed by atoms with E-state index in [-0.39, 0.29) is 29.9 Å². The van der Waals surface area contributed by atoms with Crippen molar-refractivity contribution in [1.82, 2.24) is 4.98 Å². The number of carbonyl (C=O) groups excluding carboxylic acids is 3. The van der Waals surface area contributed by atoms with E-state index < -0.39 is 0 Å². The van der Waals surface area contributed by atoms with Crippen LogP contribution in [0.4, 0.5) is 17.1 Å². The molecule has 3 amide bonds. The fraction of sp³-hybridized carbons (Fsp3) is 0.182. The van der Waals surface area contributed by atoms with Gasteiger partial charge in [-0.3, -0.25) is 14.4 Å². The van der Waals surface area contributed by atoms with Gasteiger partial charge >= 0.3 is 0 Å². The highest BCUT2D eigenvalue weighted by Gasteiger charge is 2.13. The number of ether oxygens (including phenoxy) is 1. The Morgan fingerprint density at radius 3 is 2.39 bits per heavy atom. The van der Waals surface area contributed by atoms with Crippen LogP contribution in [0.5, 0.6) is 5.75 Å². The van der Waals surface area contributed by atoms with Crippen molar-refractivity contribution in [2.75, 3.05) is 28.8 Å². The molecule has 11 heteroatoms. The van der Waals surface area contributed by atoms with Crippen molar-refractivity contribution in [3.05, 3.63) is 58.6 Å². The molecule has 3 N–H and O–H groups in total. The SMILES string of the molecule is COc1ccc(Cl)cc1NC(=O)Cc1csc(SCC(=O)Nc2ccc(NC(C)=O)cc2)n1. The van der Waals surface area contributed by atoms with E-state index in [1.165, 1.54) is 37.1 Å². The largest absolute Gasteiger partial charge is 0.495 e. The van der Waals surface area contributed by atoms with E-state index in [9.17, 15) is 14.4 Å². The molecule has 0 bridgehead atoms. The molecule has 3 aromatic rings. The maximum Gasteiger partial charge on any atom is 0.234 e. The standard InChI is InChI=1S/C22H21ClN4O4S2/c1-13(28)24-15-4-6-16(7-5-15)25-21(30)12-33-22-26-17(11-32-22)10-20(29)27-18-9-14(23)3-8-19(18)31-2/h3-9,11H,10,12H2,1-2H3,(H,24,28)(H,25,30)(H,27,29). The number of aromatic nitrogens is 1. The highest BCUT2D eigenvalue weighted by molar-refractivity contribution is 8.01. The summed E-state index contributed by atoms with van der Waals surface area (Å²) >= 11 is 8.65. The van der Waals surface area contributed by atoms with E-state index in [2.05, 4.69) is 20.9 Å². The number of thioether (sulfide) groups is 1. The zero-order valence-corrected chi connectivity index (χ0v) is 20.2. The number of benzene rings is 2. The molecule has 8 nitrogen and oxygen atoms in total. The second-order valence-electron chi connectivity index (χ2n) is 6.77. The summed E-state index contributed by atoms with van der Waals surface area (Å²) in [5.74, 6) is 0.0881. The molecular weight excluding hydrogens is 484 g/mol. The van der Waals surface area contributed by atoms with Crippen LogP contribution in [0.2, 0.25) is 5.02 Å². The van der Waals surface area contributed by atoms with Crippen molar-refractivity contribution < 1.29 is 19.1 Å². The van der Waals surface area contributed by atoms with Crippen molar-refractivity contribution in [2.24, 2.45) is 0 Å². The summed E-state index contributed by atoms with van der Waals surface area (Å²) in [6.45, 7) is 1.43. The van der Waals surface area contributed by atoms with Crippen LogP contribution in [0.15, 0.2) is 52.2 Å². The third-order valence-electron chi connectivity index (χ3n) is 4.12. The van der Waals surface area contributed by atoms with Crippen molar-refractivity contribution in [1.29, 1.82) is 0 Å². The summed E-state index contributed by atoms with van der Waals surface area (Å²) in [5.41, 5.74) is 2.38. The minimum absolute atomic E-state index is 0.0829. The van der Waals surface area contributed by atoms with Gasteiger partial charge in [-0.15, -0.1) is 11.3 Å². The highest BCUT2D eigenvalue weighted by Crippen LogP contribution is 2.28. The van der Waals surface area contributed by atoms with Crippen LogP contribution in [0.3, 0.4) is 0 Å². The first kappa shape index (κ1) is 24.6. The summed E-state index contributed by atoms with van der Waals surface area (Å²) in [5, 5.41) is 10.5. The Hall–Kier alpha value is -3.08. The number of amides is 3. The van der Waals surface area contributed by atoms with E-state index in [4.69, 9.17) is 16.3 Å². The smallest absolute Gasteiger partial charge is 0.234 e.